The van der Waals surface area contributed by atoms with E-state index >= 15 is 0 Å². The molecule has 2 aromatic heterocycles. The molecule has 0 aromatic carbocycles. The topological polar surface area (TPSA) is 85.1 Å². The van der Waals surface area contributed by atoms with Crippen LogP contribution >= 0.6 is 11.3 Å². The number of nitrogens with zero attached hydrogens (tertiary/aromatic N) is 5. The summed E-state index contributed by atoms with van der Waals surface area (Å²) in [7, 11) is 1.72. The van der Waals surface area contributed by atoms with Gasteiger partial charge in [0.2, 0.25) is 5.91 Å². The number of nitrogens with one attached hydrogen (secondary N) is 1. The lowest BCUT2D eigenvalue weighted by Gasteiger charge is -2.30. The average Bonchev–Trinajstić information content (AvgIpc) is 3.22. The summed E-state index contributed by atoms with van der Waals surface area (Å²) in [5.41, 5.74) is 0.00255. The molecular formula is C16H22N6O2S. The summed E-state index contributed by atoms with van der Waals surface area (Å²) >= 11 is 1.42. The molecule has 0 spiro atoms. The van der Waals surface area contributed by atoms with Crippen LogP contribution in [0.1, 0.15) is 43.5 Å². The molecule has 3 heterocycles. The molecule has 2 aliphatic rings. The van der Waals surface area contributed by atoms with Crippen molar-refractivity contribution >= 4 is 22.4 Å². The fraction of sp³-hybridized carbons (Fsp3) is 0.625. The first-order chi connectivity index (χ1) is 12.1. The Bertz CT molecular complexity index is 799. The number of carbonyl (C=O) groups is 1. The standard InChI is InChI=1S/C16H22N6O2S/c1-20-16(24)22(12-2-3-12)14(19-20)11-4-7-21(8-5-11)10-13(23)18-15-17-6-9-25-15/h6,9,11-12H,2-5,7-8,10H2,1H3,(H,17,18,23). The van der Waals surface area contributed by atoms with E-state index in [1.165, 1.54) is 16.0 Å². The minimum atomic E-state index is -0.0267. The van der Waals surface area contributed by atoms with Crippen molar-refractivity contribution in [3.05, 3.63) is 27.9 Å². The Hall–Kier alpha value is -2.00. The van der Waals surface area contributed by atoms with Gasteiger partial charge < -0.3 is 5.32 Å². The van der Waals surface area contributed by atoms with Gasteiger partial charge >= 0.3 is 5.69 Å². The van der Waals surface area contributed by atoms with E-state index in [0.29, 0.717) is 23.6 Å². The molecule has 4 rings (SSSR count). The molecular weight excluding hydrogens is 340 g/mol. The first kappa shape index (κ1) is 16.5. The Balaban J connectivity index is 1.35. The summed E-state index contributed by atoms with van der Waals surface area (Å²) in [5.74, 6) is 1.20. The molecule has 1 aliphatic carbocycles. The van der Waals surface area contributed by atoms with Crippen LogP contribution in [0.2, 0.25) is 0 Å². The maximum atomic E-state index is 12.3. The number of thiazole rings is 1. The Morgan fingerprint density at radius 2 is 2.08 bits per heavy atom. The van der Waals surface area contributed by atoms with Crippen molar-refractivity contribution in [1.29, 1.82) is 0 Å². The first-order valence-electron chi connectivity index (χ1n) is 8.69. The lowest BCUT2D eigenvalue weighted by Crippen LogP contribution is -2.39. The van der Waals surface area contributed by atoms with Crippen molar-refractivity contribution in [3.8, 4) is 0 Å². The van der Waals surface area contributed by atoms with Crippen LogP contribution in [-0.4, -0.2) is 49.8 Å². The molecule has 25 heavy (non-hydrogen) atoms. The zero-order valence-electron chi connectivity index (χ0n) is 14.2. The first-order valence-corrected chi connectivity index (χ1v) is 9.57. The summed E-state index contributed by atoms with van der Waals surface area (Å²) in [6.07, 6.45) is 5.68. The van der Waals surface area contributed by atoms with Gasteiger partial charge in [0.25, 0.3) is 0 Å². The molecule has 2 fully saturated rings. The van der Waals surface area contributed by atoms with Crippen molar-refractivity contribution in [2.75, 3.05) is 25.0 Å². The Morgan fingerprint density at radius 1 is 1.32 bits per heavy atom. The van der Waals surface area contributed by atoms with E-state index in [-0.39, 0.29) is 11.6 Å². The van der Waals surface area contributed by atoms with Crippen LogP contribution in [0.25, 0.3) is 0 Å². The zero-order valence-corrected chi connectivity index (χ0v) is 15.0. The molecule has 0 unspecified atom stereocenters. The molecule has 0 atom stereocenters. The van der Waals surface area contributed by atoms with E-state index in [2.05, 4.69) is 20.3 Å². The zero-order chi connectivity index (χ0) is 17.4. The van der Waals surface area contributed by atoms with Crippen molar-refractivity contribution < 1.29 is 4.79 Å². The summed E-state index contributed by atoms with van der Waals surface area (Å²) < 4.78 is 3.36. The van der Waals surface area contributed by atoms with Crippen LogP contribution in [0.15, 0.2) is 16.4 Å². The van der Waals surface area contributed by atoms with Crippen molar-refractivity contribution in [3.63, 3.8) is 0 Å². The lowest BCUT2D eigenvalue weighted by atomic mass is 9.96. The van der Waals surface area contributed by atoms with Gasteiger partial charge in [0.15, 0.2) is 5.13 Å². The van der Waals surface area contributed by atoms with Crippen LogP contribution in [0, 0.1) is 0 Å². The third-order valence-corrected chi connectivity index (χ3v) is 5.58. The molecule has 2 aromatic rings. The summed E-state index contributed by atoms with van der Waals surface area (Å²) in [6, 6.07) is 0.346. The number of piperidine rings is 1. The number of aryl methyl sites for hydroxylation is 1. The highest BCUT2D eigenvalue weighted by Crippen LogP contribution is 2.37. The highest BCUT2D eigenvalue weighted by atomic mass is 32.1. The molecule has 8 nitrogen and oxygen atoms in total. The highest BCUT2D eigenvalue weighted by Gasteiger charge is 2.33. The predicted octanol–water partition coefficient (Wildman–Crippen LogP) is 1.19. The molecule has 1 saturated carbocycles. The van der Waals surface area contributed by atoms with Gasteiger partial charge in [-0.15, -0.1) is 11.3 Å². The largest absolute Gasteiger partial charge is 0.345 e. The van der Waals surface area contributed by atoms with E-state index in [1.54, 1.807) is 13.2 Å². The quantitative estimate of drug-likeness (QED) is 0.864. The number of aromatic nitrogens is 4. The van der Waals surface area contributed by atoms with Gasteiger partial charge in [-0.05, 0) is 38.8 Å². The van der Waals surface area contributed by atoms with E-state index in [1.807, 2.05) is 9.95 Å². The number of rotatable bonds is 5. The summed E-state index contributed by atoms with van der Waals surface area (Å²) in [6.45, 7) is 2.06. The fourth-order valence-corrected chi connectivity index (χ4v) is 3.99. The summed E-state index contributed by atoms with van der Waals surface area (Å²) in [4.78, 5) is 30.6. The van der Waals surface area contributed by atoms with Gasteiger partial charge in [-0.1, -0.05) is 0 Å². The molecule has 1 N–H and O–H groups in total. The van der Waals surface area contributed by atoms with Gasteiger partial charge in [-0.25, -0.2) is 14.5 Å². The average molecular weight is 362 g/mol. The molecule has 1 amide bonds. The number of hydrogen-bond acceptors (Lipinski definition) is 6. The predicted molar refractivity (Wildman–Crippen MR) is 94.9 cm³/mol. The minimum Gasteiger partial charge on any atom is -0.301 e. The maximum absolute atomic E-state index is 12.3. The number of anilines is 1. The van der Waals surface area contributed by atoms with Crippen molar-refractivity contribution in [1.82, 2.24) is 24.2 Å². The third kappa shape index (κ3) is 3.52. The third-order valence-electron chi connectivity index (χ3n) is 4.89. The fourth-order valence-electron chi connectivity index (χ4n) is 3.45. The van der Waals surface area contributed by atoms with Gasteiger partial charge in [0, 0.05) is 30.6 Å². The number of carbonyl (C=O) groups excluding carboxylic acids is 1. The van der Waals surface area contributed by atoms with E-state index in [0.717, 1.165) is 44.6 Å². The molecule has 134 valence electrons. The molecule has 0 radical (unpaired) electrons. The molecule has 1 saturated heterocycles. The van der Waals surface area contributed by atoms with Crippen molar-refractivity contribution in [2.24, 2.45) is 7.05 Å². The number of likely N-dealkylation sites (tertiary alicyclic amines) is 1. The SMILES string of the molecule is Cn1nc(C2CCN(CC(=O)Nc3nccs3)CC2)n(C2CC2)c1=O. The van der Waals surface area contributed by atoms with Crippen LogP contribution in [0.4, 0.5) is 5.13 Å². The normalized spacial score (nSPS) is 19.2. The smallest absolute Gasteiger partial charge is 0.301 e. The minimum absolute atomic E-state index is 0.00255. The van der Waals surface area contributed by atoms with Crippen LogP contribution in [0.3, 0.4) is 0 Å². The second kappa shape index (κ2) is 6.72. The highest BCUT2D eigenvalue weighted by molar-refractivity contribution is 7.13. The molecule has 0 bridgehead atoms. The second-order valence-electron chi connectivity index (χ2n) is 6.80. The van der Waals surface area contributed by atoms with Gasteiger partial charge in [-0.2, -0.15) is 5.10 Å². The van der Waals surface area contributed by atoms with Gasteiger partial charge in [0.1, 0.15) is 5.82 Å². The molecule has 1 aliphatic heterocycles. The Kier molecular flexibility index (Phi) is 4.43. The number of amides is 1. The second-order valence-corrected chi connectivity index (χ2v) is 7.70. The maximum Gasteiger partial charge on any atom is 0.345 e. The Labute approximate surface area is 149 Å². The lowest BCUT2D eigenvalue weighted by molar-refractivity contribution is -0.117. The van der Waals surface area contributed by atoms with Gasteiger partial charge in [0.05, 0.1) is 6.54 Å². The van der Waals surface area contributed by atoms with Crippen molar-refractivity contribution in [2.45, 2.75) is 37.6 Å². The monoisotopic (exact) mass is 362 g/mol. The summed E-state index contributed by atoms with van der Waals surface area (Å²) in [5, 5.41) is 9.80. The number of hydrogen-bond donors (Lipinski definition) is 1. The van der Waals surface area contributed by atoms with Crippen LogP contribution in [0.5, 0.6) is 0 Å². The van der Waals surface area contributed by atoms with Gasteiger partial charge in [-0.3, -0.25) is 14.3 Å². The van der Waals surface area contributed by atoms with Crippen LogP contribution < -0.4 is 11.0 Å². The van der Waals surface area contributed by atoms with Crippen LogP contribution in [-0.2, 0) is 11.8 Å². The van der Waals surface area contributed by atoms with E-state index in [9.17, 15) is 9.59 Å². The van der Waals surface area contributed by atoms with E-state index in [4.69, 9.17) is 0 Å². The van der Waals surface area contributed by atoms with E-state index < -0.39 is 0 Å². The molecule has 9 heteroatoms. The Morgan fingerprint density at radius 3 is 2.72 bits per heavy atom.